The Morgan fingerprint density at radius 2 is 1.71 bits per heavy atom. The number of halogens is 2. The average Bonchev–Trinajstić information content (AvgIpc) is 2.88. The highest BCUT2D eigenvalue weighted by Crippen LogP contribution is 2.23. The van der Waals surface area contributed by atoms with E-state index in [9.17, 15) is 18.4 Å². The molecule has 0 bridgehead atoms. The van der Waals surface area contributed by atoms with E-state index >= 15 is 0 Å². The van der Waals surface area contributed by atoms with E-state index in [4.69, 9.17) is 4.74 Å². The number of amides is 1. The highest BCUT2D eigenvalue weighted by atomic mass is 19.1. The molecule has 0 spiro atoms. The van der Waals surface area contributed by atoms with E-state index in [1.54, 1.807) is 41.3 Å². The number of aromatic nitrogens is 2. The van der Waals surface area contributed by atoms with E-state index in [0.29, 0.717) is 54.7 Å². The number of H-pyrrole nitrogens is 1. The zero-order chi connectivity index (χ0) is 24.4. The van der Waals surface area contributed by atoms with Gasteiger partial charge in [0.2, 0.25) is 0 Å². The summed E-state index contributed by atoms with van der Waals surface area (Å²) in [6.07, 6.45) is 1.43. The second-order valence-electron chi connectivity index (χ2n) is 8.60. The molecule has 0 radical (unpaired) electrons. The van der Waals surface area contributed by atoms with Crippen LogP contribution in [-0.4, -0.2) is 40.2 Å². The second kappa shape index (κ2) is 9.66. The monoisotopic (exact) mass is 475 g/mol. The maximum Gasteiger partial charge on any atom is 0.272 e. The van der Waals surface area contributed by atoms with Crippen LogP contribution >= 0.6 is 0 Å². The second-order valence-corrected chi connectivity index (χ2v) is 8.60. The smallest absolute Gasteiger partial charge is 0.272 e. The number of nitrogens with zero attached hydrogens (tertiary/aromatic N) is 2. The van der Waals surface area contributed by atoms with Crippen LogP contribution in [0.4, 0.5) is 8.78 Å². The normalized spacial score (nSPS) is 14.3. The van der Waals surface area contributed by atoms with Crippen LogP contribution in [0.1, 0.15) is 34.5 Å². The molecule has 178 valence electrons. The Balaban J connectivity index is 1.29. The Hall–Kier alpha value is -4.07. The molecule has 1 saturated heterocycles. The minimum absolute atomic E-state index is 0.00846. The molecule has 1 aromatic heterocycles. The molecule has 4 aromatic rings. The van der Waals surface area contributed by atoms with Gasteiger partial charge in [0.1, 0.15) is 23.5 Å². The number of benzene rings is 3. The maximum atomic E-state index is 14.7. The molecule has 6 nitrogen and oxygen atoms in total. The van der Waals surface area contributed by atoms with Crippen molar-refractivity contribution in [2.75, 3.05) is 13.1 Å². The fourth-order valence-corrected chi connectivity index (χ4v) is 4.40. The van der Waals surface area contributed by atoms with Gasteiger partial charge in [-0.2, -0.15) is 5.10 Å². The van der Waals surface area contributed by atoms with E-state index < -0.39 is 5.82 Å². The summed E-state index contributed by atoms with van der Waals surface area (Å²) in [5, 5.41) is 7.93. The maximum absolute atomic E-state index is 14.7. The standard InChI is InChI=1S/C27H23F2N3O3/c28-18-6-8-19(9-7-18)35-20-11-13-32(14-12-20)27(34)23-15-17(5-10-24(23)29)16-25-21-3-1-2-4-22(21)26(33)31-30-25/h1-10,15,20H,11-14,16H2,(H,31,33). The number of carbonyl (C=O) groups is 1. The summed E-state index contributed by atoms with van der Waals surface area (Å²) in [4.78, 5) is 26.8. The number of likely N-dealkylation sites (tertiary alicyclic amines) is 1. The molecule has 35 heavy (non-hydrogen) atoms. The Kier molecular flexibility index (Phi) is 6.27. The van der Waals surface area contributed by atoms with Gasteiger partial charge in [-0.15, -0.1) is 0 Å². The van der Waals surface area contributed by atoms with Gasteiger partial charge in [0.25, 0.3) is 11.5 Å². The lowest BCUT2D eigenvalue weighted by Crippen LogP contribution is -2.42. The summed E-state index contributed by atoms with van der Waals surface area (Å²) in [5.41, 5.74) is 1.10. The van der Waals surface area contributed by atoms with Crippen molar-refractivity contribution in [3.05, 3.63) is 106 Å². The van der Waals surface area contributed by atoms with Gasteiger partial charge >= 0.3 is 0 Å². The molecule has 5 rings (SSSR count). The van der Waals surface area contributed by atoms with E-state index in [-0.39, 0.29) is 29.0 Å². The van der Waals surface area contributed by atoms with Crippen LogP contribution in [0.2, 0.25) is 0 Å². The highest BCUT2D eigenvalue weighted by Gasteiger charge is 2.26. The van der Waals surface area contributed by atoms with Gasteiger partial charge in [-0.3, -0.25) is 9.59 Å². The van der Waals surface area contributed by atoms with Crippen molar-refractivity contribution < 1.29 is 18.3 Å². The predicted molar refractivity (Wildman–Crippen MR) is 128 cm³/mol. The SMILES string of the molecule is O=C(c1cc(Cc2n[nH]c(=O)c3ccccc23)ccc1F)N1CCC(Oc2ccc(F)cc2)CC1. The third-order valence-electron chi connectivity index (χ3n) is 6.25. The first-order valence-electron chi connectivity index (χ1n) is 11.4. The van der Waals surface area contributed by atoms with E-state index in [2.05, 4.69) is 10.2 Å². The van der Waals surface area contributed by atoms with Gasteiger partial charge < -0.3 is 9.64 Å². The minimum Gasteiger partial charge on any atom is -0.490 e. The number of nitrogens with one attached hydrogen (secondary N) is 1. The van der Waals surface area contributed by atoms with Gasteiger partial charge in [-0.1, -0.05) is 24.3 Å². The van der Waals surface area contributed by atoms with Crippen LogP contribution in [-0.2, 0) is 6.42 Å². The number of fused-ring (bicyclic) bond motifs is 1. The molecule has 1 fully saturated rings. The molecule has 0 unspecified atom stereocenters. The zero-order valence-electron chi connectivity index (χ0n) is 18.8. The zero-order valence-corrected chi connectivity index (χ0v) is 18.8. The van der Waals surface area contributed by atoms with Crippen molar-refractivity contribution in [3.63, 3.8) is 0 Å². The fraction of sp³-hybridized carbons (Fsp3) is 0.222. The van der Waals surface area contributed by atoms with Crippen molar-refractivity contribution in [2.45, 2.75) is 25.4 Å². The summed E-state index contributed by atoms with van der Waals surface area (Å²) in [5.74, 6) is -0.698. The molecule has 3 aromatic carbocycles. The van der Waals surface area contributed by atoms with E-state index in [1.807, 2.05) is 12.1 Å². The van der Waals surface area contributed by atoms with Gasteiger partial charge in [-0.05, 0) is 48.0 Å². The third kappa shape index (κ3) is 4.91. The number of aromatic amines is 1. The van der Waals surface area contributed by atoms with E-state index in [1.165, 1.54) is 18.2 Å². The van der Waals surface area contributed by atoms with Crippen molar-refractivity contribution in [1.82, 2.24) is 15.1 Å². The number of hydrogen-bond donors (Lipinski definition) is 1. The fourth-order valence-electron chi connectivity index (χ4n) is 4.40. The van der Waals surface area contributed by atoms with Gasteiger partial charge in [0.15, 0.2) is 0 Å². The minimum atomic E-state index is -0.581. The van der Waals surface area contributed by atoms with Crippen molar-refractivity contribution in [1.29, 1.82) is 0 Å². The van der Waals surface area contributed by atoms with Crippen LogP contribution < -0.4 is 10.3 Å². The Bertz CT molecular complexity index is 1430. The lowest BCUT2D eigenvalue weighted by molar-refractivity contribution is 0.0591. The van der Waals surface area contributed by atoms with E-state index in [0.717, 1.165) is 5.39 Å². The molecule has 0 aliphatic carbocycles. The summed E-state index contributed by atoms with van der Waals surface area (Å²) in [6, 6.07) is 17.5. The number of ether oxygens (including phenoxy) is 1. The predicted octanol–water partition coefficient (Wildman–Crippen LogP) is 4.48. The Morgan fingerprint density at radius 3 is 2.46 bits per heavy atom. The topological polar surface area (TPSA) is 75.3 Å². The van der Waals surface area contributed by atoms with Crippen LogP contribution in [0.25, 0.3) is 10.8 Å². The summed E-state index contributed by atoms with van der Waals surface area (Å²) >= 11 is 0. The molecular formula is C27H23F2N3O3. The quantitative estimate of drug-likeness (QED) is 0.462. The molecule has 0 saturated carbocycles. The summed E-state index contributed by atoms with van der Waals surface area (Å²) in [6.45, 7) is 0.862. The molecule has 2 heterocycles. The van der Waals surface area contributed by atoms with Crippen molar-refractivity contribution in [2.24, 2.45) is 0 Å². The number of rotatable bonds is 5. The first kappa shape index (κ1) is 22.7. The first-order chi connectivity index (χ1) is 17.0. The molecule has 1 aliphatic heterocycles. The molecular weight excluding hydrogens is 452 g/mol. The van der Waals surface area contributed by atoms with Crippen LogP contribution in [0, 0.1) is 11.6 Å². The van der Waals surface area contributed by atoms with Gasteiger partial charge in [-0.25, -0.2) is 13.9 Å². The van der Waals surface area contributed by atoms with Crippen molar-refractivity contribution >= 4 is 16.7 Å². The summed E-state index contributed by atoms with van der Waals surface area (Å²) in [7, 11) is 0. The molecule has 1 amide bonds. The first-order valence-corrected chi connectivity index (χ1v) is 11.4. The number of carbonyl (C=O) groups excluding carboxylic acids is 1. The van der Waals surface area contributed by atoms with Crippen LogP contribution in [0.15, 0.2) is 71.5 Å². The number of hydrogen-bond acceptors (Lipinski definition) is 4. The average molecular weight is 475 g/mol. The largest absolute Gasteiger partial charge is 0.490 e. The highest BCUT2D eigenvalue weighted by molar-refractivity contribution is 5.95. The lowest BCUT2D eigenvalue weighted by Gasteiger charge is -2.32. The molecule has 0 atom stereocenters. The van der Waals surface area contributed by atoms with Crippen LogP contribution in [0.5, 0.6) is 5.75 Å². The van der Waals surface area contributed by atoms with Crippen LogP contribution in [0.3, 0.4) is 0 Å². The molecule has 1 N–H and O–H groups in total. The lowest BCUT2D eigenvalue weighted by atomic mass is 10.0. The molecule has 8 heteroatoms. The summed E-state index contributed by atoms with van der Waals surface area (Å²) < 4.78 is 33.6. The molecule has 1 aliphatic rings. The van der Waals surface area contributed by atoms with Crippen molar-refractivity contribution in [3.8, 4) is 5.75 Å². The Morgan fingerprint density at radius 1 is 1.00 bits per heavy atom. The van der Waals surface area contributed by atoms with Gasteiger partial charge in [0, 0.05) is 37.7 Å². The third-order valence-corrected chi connectivity index (χ3v) is 6.25. The number of piperidine rings is 1. The van der Waals surface area contributed by atoms with Gasteiger partial charge in [0.05, 0.1) is 16.6 Å². The Labute approximate surface area is 200 Å².